The molecule has 2 amide bonds. The van der Waals surface area contributed by atoms with Crippen molar-refractivity contribution in [3.8, 4) is 0 Å². The third-order valence-electron chi connectivity index (χ3n) is 2.70. The Bertz CT molecular complexity index is 526. The maximum atomic E-state index is 13.1. The molecular formula is C12H12ClFN2O2S. The summed E-state index contributed by atoms with van der Waals surface area (Å²) in [6, 6.07) is 3.79. The summed E-state index contributed by atoms with van der Waals surface area (Å²) in [7, 11) is 0. The van der Waals surface area contributed by atoms with E-state index in [1.165, 1.54) is 23.9 Å². The van der Waals surface area contributed by atoms with Crippen LogP contribution in [-0.2, 0) is 9.59 Å². The Morgan fingerprint density at radius 2 is 2.21 bits per heavy atom. The molecule has 1 aliphatic heterocycles. The molecule has 0 spiro atoms. The number of amides is 2. The van der Waals surface area contributed by atoms with E-state index in [4.69, 9.17) is 17.3 Å². The van der Waals surface area contributed by atoms with E-state index in [0.717, 1.165) is 11.0 Å². The van der Waals surface area contributed by atoms with Crippen LogP contribution in [0.4, 0.5) is 10.1 Å². The van der Waals surface area contributed by atoms with Gasteiger partial charge in [0.2, 0.25) is 11.8 Å². The molecule has 1 aliphatic rings. The van der Waals surface area contributed by atoms with Gasteiger partial charge in [-0.3, -0.25) is 9.59 Å². The minimum atomic E-state index is -0.585. The van der Waals surface area contributed by atoms with Crippen molar-refractivity contribution < 1.29 is 14.0 Å². The number of benzene rings is 1. The van der Waals surface area contributed by atoms with Crippen LogP contribution < -0.4 is 10.6 Å². The molecule has 1 saturated heterocycles. The van der Waals surface area contributed by atoms with E-state index in [0.29, 0.717) is 18.0 Å². The van der Waals surface area contributed by atoms with Gasteiger partial charge in [0.1, 0.15) is 5.82 Å². The van der Waals surface area contributed by atoms with Crippen LogP contribution in [0.25, 0.3) is 0 Å². The number of anilines is 1. The Morgan fingerprint density at radius 1 is 1.47 bits per heavy atom. The number of imide groups is 1. The molecule has 0 radical (unpaired) electrons. The van der Waals surface area contributed by atoms with Gasteiger partial charge in [-0.15, -0.1) is 11.8 Å². The third-order valence-corrected chi connectivity index (χ3v) is 4.24. The highest BCUT2D eigenvalue weighted by Crippen LogP contribution is 2.31. The largest absolute Gasteiger partial charge is 0.330 e. The van der Waals surface area contributed by atoms with Gasteiger partial charge in [0, 0.05) is 18.7 Å². The molecule has 1 aromatic carbocycles. The monoisotopic (exact) mass is 302 g/mol. The first kappa shape index (κ1) is 14.3. The van der Waals surface area contributed by atoms with Crippen LogP contribution in [0.5, 0.6) is 0 Å². The van der Waals surface area contributed by atoms with Crippen LogP contribution >= 0.6 is 23.4 Å². The summed E-state index contributed by atoms with van der Waals surface area (Å²) >= 11 is 7.02. The van der Waals surface area contributed by atoms with Crippen molar-refractivity contribution in [1.82, 2.24) is 0 Å². The lowest BCUT2D eigenvalue weighted by Crippen LogP contribution is -2.31. The number of carbonyl (C=O) groups is 2. The number of hydrogen-bond donors (Lipinski definition) is 1. The summed E-state index contributed by atoms with van der Waals surface area (Å²) in [5.41, 5.74) is 5.68. The maximum absolute atomic E-state index is 13.1. The molecule has 1 aromatic rings. The number of halogens is 2. The average molecular weight is 303 g/mol. The second-order valence-corrected chi connectivity index (χ2v) is 5.74. The number of hydrogen-bond acceptors (Lipinski definition) is 4. The molecule has 0 aliphatic carbocycles. The van der Waals surface area contributed by atoms with Gasteiger partial charge in [-0.1, -0.05) is 11.6 Å². The van der Waals surface area contributed by atoms with Crippen LogP contribution in [-0.4, -0.2) is 29.4 Å². The zero-order valence-electron chi connectivity index (χ0n) is 9.94. The predicted octanol–water partition coefficient (Wildman–Crippen LogP) is 1.80. The van der Waals surface area contributed by atoms with Crippen molar-refractivity contribution in [2.24, 2.45) is 5.73 Å². The molecule has 19 heavy (non-hydrogen) atoms. The topological polar surface area (TPSA) is 63.4 Å². The molecule has 7 heteroatoms. The Balaban J connectivity index is 2.22. The highest BCUT2D eigenvalue weighted by Gasteiger charge is 2.39. The molecule has 102 valence electrons. The lowest BCUT2D eigenvalue weighted by Gasteiger charge is -2.15. The zero-order chi connectivity index (χ0) is 14.0. The molecule has 1 atom stereocenters. The van der Waals surface area contributed by atoms with E-state index in [-0.39, 0.29) is 23.3 Å². The van der Waals surface area contributed by atoms with E-state index >= 15 is 0 Å². The summed E-state index contributed by atoms with van der Waals surface area (Å²) in [5, 5.41) is -0.531. The first-order valence-corrected chi connectivity index (χ1v) is 7.10. The number of carbonyl (C=O) groups excluding carboxylic acids is 2. The Hall–Kier alpha value is -1.11. The van der Waals surface area contributed by atoms with E-state index in [1.54, 1.807) is 0 Å². The van der Waals surface area contributed by atoms with Gasteiger partial charge >= 0.3 is 0 Å². The van der Waals surface area contributed by atoms with Crippen LogP contribution in [0, 0.1) is 5.82 Å². The predicted molar refractivity (Wildman–Crippen MR) is 73.8 cm³/mol. The molecular weight excluding hydrogens is 291 g/mol. The van der Waals surface area contributed by atoms with Crippen LogP contribution in [0.1, 0.15) is 6.42 Å². The Kier molecular flexibility index (Phi) is 4.44. The lowest BCUT2D eigenvalue weighted by molar-refractivity contribution is -0.121. The van der Waals surface area contributed by atoms with E-state index < -0.39 is 11.1 Å². The van der Waals surface area contributed by atoms with Crippen molar-refractivity contribution in [2.45, 2.75) is 11.7 Å². The fourth-order valence-electron chi connectivity index (χ4n) is 1.84. The molecule has 0 saturated carbocycles. The van der Waals surface area contributed by atoms with Gasteiger partial charge in [-0.25, -0.2) is 9.29 Å². The quantitative estimate of drug-likeness (QED) is 0.862. The normalized spacial score (nSPS) is 19.3. The van der Waals surface area contributed by atoms with Crippen molar-refractivity contribution in [3.63, 3.8) is 0 Å². The highest BCUT2D eigenvalue weighted by atomic mass is 35.5. The Labute approximate surface area is 119 Å². The summed E-state index contributed by atoms with van der Waals surface area (Å²) in [6.07, 6.45) is 0.137. The van der Waals surface area contributed by atoms with Gasteiger partial charge < -0.3 is 5.73 Å². The molecule has 0 bridgehead atoms. The fraction of sp³-hybridized carbons (Fsp3) is 0.333. The first-order valence-electron chi connectivity index (χ1n) is 5.68. The third kappa shape index (κ3) is 2.91. The molecule has 4 nitrogen and oxygen atoms in total. The number of thioether (sulfide) groups is 1. The SMILES string of the molecule is NCCS[C@H]1CC(=O)N(c2ccc(F)c(Cl)c2)C1=O. The maximum Gasteiger partial charge on any atom is 0.247 e. The number of nitrogens with two attached hydrogens (primary N) is 1. The zero-order valence-corrected chi connectivity index (χ0v) is 11.5. The van der Waals surface area contributed by atoms with Crippen LogP contribution in [0.15, 0.2) is 18.2 Å². The summed E-state index contributed by atoms with van der Waals surface area (Å²) in [4.78, 5) is 25.1. The number of nitrogens with zero attached hydrogens (tertiary/aromatic N) is 1. The van der Waals surface area contributed by atoms with Crippen LogP contribution in [0.3, 0.4) is 0 Å². The Morgan fingerprint density at radius 3 is 2.84 bits per heavy atom. The van der Waals surface area contributed by atoms with Gasteiger partial charge in [-0.2, -0.15) is 0 Å². The molecule has 0 unspecified atom stereocenters. The van der Waals surface area contributed by atoms with E-state index in [1.807, 2.05) is 0 Å². The molecule has 2 N–H and O–H groups in total. The average Bonchev–Trinajstić information content (AvgIpc) is 2.65. The summed E-state index contributed by atoms with van der Waals surface area (Å²) in [6.45, 7) is 0.449. The second-order valence-electron chi connectivity index (χ2n) is 4.02. The lowest BCUT2D eigenvalue weighted by atomic mass is 10.3. The highest BCUT2D eigenvalue weighted by molar-refractivity contribution is 8.00. The van der Waals surface area contributed by atoms with E-state index in [2.05, 4.69) is 0 Å². The number of rotatable bonds is 4. The molecule has 1 fully saturated rings. The summed E-state index contributed by atoms with van der Waals surface area (Å²) < 4.78 is 13.1. The first-order chi connectivity index (χ1) is 9.04. The van der Waals surface area contributed by atoms with Gasteiger partial charge in [0.25, 0.3) is 0 Å². The van der Waals surface area contributed by atoms with Gasteiger partial charge in [0.15, 0.2) is 0 Å². The van der Waals surface area contributed by atoms with Crippen molar-refractivity contribution >= 4 is 40.9 Å². The minimum Gasteiger partial charge on any atom is -0.330 e. The molecule has 2 rings (SSSR count). The van der Waals surface area contributed by atoms with Crippen molar-refractivity contribution in [1.29, 1.82) is 0 Å². The van der Waals surface area contributed by atoms with Crippen LogP contribution in [0.2, 0.25) is 5.02 Å². The van der Waals surface area contributed by atoms with Crippen molar-refractivity contribution in [3.05, 3.63) is 29.0 Å². The summed E-state index contributed by atoms with van der Waals surface area (Å²) in [5.74, 6) is -0.575. The smallest absolute Gasteiger partial charge is 0.247 e. The van der Waals surface area contributed by atoms with Gasteiger partial charge in [0.05, 0.1) is 16.0 Å². The fourth-order valence-corrected chi connectivity index (χ4v) is 2.94. The molecule has 1 heterocycles. The minimum absolute atomic E-state index is 0.115. The van der Waals surface area contributed by atoms with E-state index in [9.17, 15) is 14.0 Å². The second kappa shape index (κ2) is 5.90. The standard InChI is InChI=1S/C12H12ClFN2O2S/c13-8-5-7(1-2-9(8)14)16-11(17)6-10(12(16)18)19-4-3-15/h1-2,5,10H,3-4,6,15H2/t10-/m0/s1. The van der Waals surface area contributed by atoms with Crippen molar-refractivity contribution in [2.75, 3.05) is 17.2 Å². The van der Waals surface area contributed by atoms with Gasteiger partial charge in [-0.05, 0) is 18.2 Å². The molecule has 0 aromatic heterocycles.